The summed E-state index contributed by atoms with van der Waals surface area (Å²) in [5.74, 6) is 5.89. The number of anilines is 4. The van der Waals surface area contributed by atoms with Crippen molar-refractivity contribution in [1.82, 2.24) is 24.3 Å². The number of benzene rings is 2. The number of carbonyl (C=O) groups excluding carboxylic acids is 3. The quantitative estimate of drug-likeness (QED) is 0.259. The zero-order valence-electron chi connectivity index (χ0n) is 28.9. The summed E-state index contributed by atoms with van der Waals surface area (Å²) in [5, 5.41) is 5.82. The zero-order chi connectivity index (χ0) is 35.6. The molecule has 6 rings (SSSR count). The number of nitrogens with zero attached hydrogens (tertiary/aromatic N) is 6. The third-order valence-corrected chi connectivity index (χ3v) is 8.50. The number of carbonyl (C=O) groups is 3. The van der Waals surface area contributed by atoms with Gasteiger partial charge in [-0.3, -0.25) is 4.79 Å². The van der Waals surface area contributed by atoms with Crippen molar-refractivity contribution in [2.24, 2.45) is 7.05 Å². The first kappa shape index (κ1) is 34.0. The number of imide groups is 1. The van der Waals surface area contributed by atoms with Crippen LogP contribution in [0, 0.1) is 11.8 Å². The monoisotopic (exact) mass is 675 g/mol. The largest absolute Gasteiger partial charge is 0.443 e. The highest BCUT2D eigenvalue weighted by atomic mass is 16.6. The van der Waals surface area contributed by atoms with Crippen LogP contribution in [0.1, 0.15) is 48.0 Å². The molecular formula is C37H41N9O4. The lowest BCUT2D eigenvalue weighted by atomic mass is 10.1. The second-order valence-corrected chi connectivity index (χ2v) is 13.4. The lowest BCUT2D eigenvalue weighted by Crippen LogP contribution is -2.44. The highest BCUT2D eigenvalue weighted by molar-refractivity contribution is 6.05. The summed E-state index contributed by atoms with van der Waals surface area (Å²) in [5.41, 5.74) is 11.0. The molecule has 0 saturated carbocycles. The van der Waals surface area contributed by atoms with Crippen molar-refractivity contribution < 1.29 is 19.1 Å². The van der Waals surface area contributed by atoms with Gasteiger partial charge in [0.15, 0.2) is 0 Å². The SMILES string of the molecule is CN1CCN(c2cccc(NC(=O)Nc3cccc(C#Cc4cnc(N)nc4-c4cc5c(n4C)CCN(C(=O)OC(C)(C)C)C5=O)c3)c2)CC1. The number of nitrogen functional groups attached to an aromatic ring is 1. The van der Waals surface area contributed by atoms with Crippen molar-refractivity contribution in [2.45, 2.75) is 32.8 Å². The Hall–Kier alpha value is -5.87. The van der Waals surface area contributed by atoms with Gasteiger partial charge in [0.05, 0.1) is 16.8 Å². The molecule has 2 aromatic carbocycles. The van der Waals surface area contributed by atoms with Crippen LogP contribution in [0.15, 0.2) is 60.8 Å². The highest BCUT2D eigenvalue weighted by Crippen LogP contribution is 2.31. The van der Waals surface area contributed by atoms with Crippen molar-refractivity contribution in [3.05, 3.63) is 83.2 Å². The molecule has 50 heavy (non-hydrogen) atoms. The van der Waals surface area contributed by atoms with Gasteiger partial charge in [-0.25, -0.2) is 24.5 Å². The van der Waals surface area contributed by atoms with Crippen LogP contribution < -0.4 is 21.3 Å². The summed E-state index contributed by atoms with van der Waals surface area (Å²) >= 11 is 0. The van der Waals surface area contributed by atoms with Gasteiger partial charge in [0.25, 0.3) is 5.91 Å². The van der Waals surface area contributed by atoms with Gasteiger partial charge in [0.1, 0.15) is 11.3 Å². The summed E-state index contributed by atoms with van der Waals surface area (Å²) in [6.45, 7) is 9.33. The number of hydrogen-bond acceptors (Lipinski definition) is 9. The number of nitrogens with one attached hydrogen (secondary N) is 2. The number of ether oxygens (including phenoxy) is 1. The maximum Gasteiger partial charge on any atom is 0.417 e. The third-order valence-electron chi connectivity index (χ3n) is 8.50. The van der Waals surface area contributed by atoms with E-state index in [0.29, 0.717) is 45.9 Å². The van der Waals surface area contributed by atoms with Crippen LogP contribution in [-0.4, -0.2) is 87.7 Å². The minimum Gasteiger partial charge on any atom is -0.443 e. The van der Waals surface area contributed by atoms with Crippen molar-refractivity contribution in [2.75, 3.05) is 61.0 Å². The molecule has 4 aromatic rings. The number of hydrogen-bond donors (Lipinski definition) is 3. The van der Waals surface area contributed by atoms with Gasteiger partial charge in [-0.15, -0.1) is 0 Å². The molecule has 0 atom stereocenters. The molecule has 13 heteroatoms. The number of piperazine rings is 1. The van der Waals surface area contributed by atoms with Crippen LogP contribution in [0.2, 0.25) is 0 Å². The molecule has 4 N–H and O–H groups in total. The molecule has 0 aliphatic carbocycles. The summed E-state index contributed by atoms with van der Waals surface area (Å²) in [6.07, 6.45) is 1.31. The smallest absolute Gasteiger partial charge is 0.417 e. The van der Waals surface area contributed by atoms with Crippen molar-refractivity contribution >= 4 is 41.0 Å². The first-order chi connectivity index (χ1) is 23.8. The molecule has 2 aromatic heterocycles. The molecule has 1 fully saturated rings. The van der Waals surface area contributed by atoms with Gasteiger partial charge in [-0.2, -0.15) is 0 Å². The second-order valence-electron chi connectivity index (χ2n) is 13.4. The number of rotatable bonds is 4. The van der Waals surface area contributed by atoms with Crippen LogP contribution in [0.5, 0.6) is 0 Å². The Morgan fingerprint density at radius 2 is 1.62 bits per heavy atom. The third kappa shape index (κ3) is 7.71. The first-order valence-corrected chi connectivity index (χ1v) is 16.4. The Balaban J connectivity index is 1.18. The predicted molar refractivity (Wildman–Crippen MR) is 193 cm³/mol. The number of aromatic nitrogens is 3. The maximum atomic E-state index is 13.4. The van der Waals surface area contributed by atoms with Crippen LogP contribution in [0.25, 0.3) is 11.4 Å². The molecule has 4 heterocycles. The Bertz CT molecular complexity index is 2010. The van der Waals surface area contributed by atoms with E-state index < -0.39 is 17.6 Å². The van der Waals surface area contributed by atoms with E-state index in [9.17, 15) is 14.4 Å². The van der Waals surface area contributed by atoms with Crippen LogP contribution in [0.4, 0.5) is 32.6 Å². The van der Waals surface area contributed by atoms with E-state index in [1.165, 1.54) is 6.20 Å². The van der Waals surface area contributed by atoms with E-state index in [4.69, 9.17) is 10.5 Å². The fourth-order valence-corrected chi connectivity index (χ4v) is 5.95. The summed E-state index contributed by atoms with van der Waals surface area (Å²) in [6, 6.07) is 16.4. The van der Waals surface area contributed by atoms with Gasteiger partial charge in [0.2, 0.25) is 5.95 Å². The first-order valence-electron chi connectivity index (χ1n) is 16.4. The minimum atomic E-state index is -0.731. The van der Waals surface area contributed by atoms with Crippen molar-refractivity contribution in [1.29, 1.82) is 0 Å². The second kappa shape index (κ2) is 13.9. The Morgan fingerprint density at radius 1 is 0.920 bits per heavy atom. The topological polar surface area (TPSA) is 151 Å². The molecule has 0 spiro atoms. The van der Waals surface area contributed by atoms with Crippen LogP contribution >= 0.6 is 0 Å². The molecule has 2 aliphatic rings. The highest BCUT2D eigenvalue weighted by Gasteiger charge is 2.35. The average molecular weight is 676 g/mol. The number of urea groups is 1. The van der Waals surface area contributed by atoms with Gasteiger partial charge < -0.3 is 35.5 Å². The molecule has 2 aliphatic heterocycles. The molecule has 13 nitrogen and oxygen atoms in total. The summed E-state index contributed by atoms with van der Waals surface area (Å²) < 4.78 is 7.32. The van der Waals surface area contributed by atoms with E-state index in [0.717, 1.165) is 42.5 Å². The number of likely N-dealkylation sites (N-methyl/N-ethyl adjacent to an activating group) is 1. The summed E-state index contributed by atoms with van der Waals surface area (Å²) in [7, 11) is 3.96. The van der Waals surface area contributed by atoms with E-state index >= 15 is 0 Å². The molecular weight excluding hydrogens is 634 g/mol. The number of nitrogens with two attached hydrogens (primary N) is 1. The Kier molecular flexibility index (Phi) is 9.48. The molecule has 258 valence electrons. The Labute approximate surface area is 291 Å². The fraction of sp³-hybridized carbons (Fsp3) is 0.324. The number of amides is 4. The predicted octanol–water partition coefficient (Wildman–Crippen LogP) is 4.79. The lowest BCUT2D eigenvalue weighted by Gasteiger charge is -2.34. The van der Waals surface area contributed by atoms with Crippen LogP contribution in [0.3, 0.4) is 0 Å². The normalized spacial score (nSPS) is 14.8. The zero-order valence-corrected chi connectivity index (χ0v) is 28.9. The van der Waals surface area contributed by atoms with Gasteiger partial charge >= 0.3 is 12.1 Å². The van der Waals surface area contributed by atoms with Gasteiger partial charge in [0, 0.05) is 80.7 Å². The fourth-order valence-electron chi connectivity index (χ4n) is 5.95. The van der Waals surface area contributed by atoms with E-state index in [-0.39, 0.29) is 18.5 Å². The molecule has 0 radical (unpaired) electrons. The molecule has 0 bridgehead atoms. The van der Waals surface area contributed by atoms with Gasteiger partial charge in [-0.05, 0) is 70.3 Å². The van der Waals surface area contributed by atoms with Crippen molar-refractivity contribution in [3.8, 4) is 23.2 Å². The van der Waals surface area contributed by atoms with Gasteiger partial charge in [-0.1, -0.05) is 24.0 Å². The standard InChI is InChI=1S/C37H41N9O4/c1-37(2,3)50-36(49)46-15-14-30-29(33(46)47)22-31(44(30)5)32-25(23-39-34(38)42-32)13-12-24-8-6-9-26(20-24)40-35(48)41-27-10-7-11-28(21-27)45-18-16-43(4)17-19-45/h6-11,20-23H,14-19H2,1-5H3,(H2,38,39,42)(H2,40,41,48). The van der Waals surface area contributed by atoms with E-state index in [2.05, 4.69) is 55.4 Å². The van der Waals surface area contributed by atoms with Crippen molar-refractivity contribution in [3.63, 3.8) is 0 Å². The maximum absolute atomic E-state index is 13.4. The Morgan fingerprint density at radius 3 is 2.34 bits per heavy atom. The van der Waals surface area contributed by atoms with E-state index in [1.54, 1.807) is 45.0 Å². The minimum absolute atomic E-state index is 0.0534. The lowest BCUT2D eigenvalue weighted by molar-refractivity contribution is 0.0232. The summed E-state index contributed by atoms with van der Waals surface area (Å²) in [4.78, 5) is 53.4. The van der Waals surface area contributed by atoms with E-state index in [1.807, 2.05) is 35.9 Å². The average Bonchev–Trinajstić information content (AvgIpc) is 3.40. The molecule has 0 unspecified atom stereocenters. The molecule has 4 amide bonds. The molecule has 1 saturated heterocycles. The van der Waals surface area contributed by atoms with Crippen LogP contribution in [-0.2, 0) is 18.2 Å². The number of fused-ring (bicyclic) bond motifs is 1.